The van der Waals surface area contributed by atoms with E-state index in [4.69, 9.17) is 27.9 Å². The van der Waals surface area contributed by atoms with Crippen LogP contribution in [-0.4, -0.2) is 41.7 Å². The van der Waals surface area contributed by atoms with E-state index in [-0.39, 0.29) is 11.0 Å². The van der Waals surface area contributed by atoms with Gasteiger partial charge in [0.15, 0.2) is 0 Å². The topological polar surface area (TPSA) is 64.4 Å². The van der Waals surface area contributed by atoms with Crippen molar-refractivity contribution < 1.29 is 13.2 Å². The smallest absolute Gasteiger partial charge is 0.246 e. The summed E-state index contributed by atoms with van der Waals surface area (Å²) in [6.45, 7) is 2.49. The predicted molar refractivity (Wildman–Crippen MR) is 96.8 cm³/mol. The zero-order chi connectivity index (χ0) is 18.2. The molecule has 0 unspecified atom stereocenters. The molecule has 0 atom stereocenters. The molecule has 1 aliphatic rings. The first-order valence-electron chi connectivity index (χ1n) is 7.89. The van der Waals surface area contributed by atoms with Crippen molar-refractivity contribution in [3.05, 3.63) is 40.1 Å². The van der Waals surface area contributed by atoms with Crippen LogP contribution in [0.2, 0.25) is 10.0 Å². The maximum absolute atomic E-state index is 12.8. The summed E-state index contributed by atoms with van der Waals surface area (Å²) < 4.78 is 34.5. The minimum Gasteiger partial charge on any atom is -0.489 e. The van der Waals surface area contributed by atoms with E-state index in [2.05, 4.69) is 5.10 Å². The Balaban J connectivity index is 1.66. The van der Waals surface area contributed by atoms with Gasteiger partial charge in [0.2, 0.25) is 10.0 Å². The Morgan fingerprint density at radius 3 is 2.48 bits per heavy atom. The van der Waals surface area contributed by atoms with Gasteiger partial charge >= 0.3 is 0 Å². The van der Waals surface area contributed by atoms with E-state index >= 15 is 0 Å². The normalized spacial score (nSPS) is 17.0. The molecule has 3 rings (SSSR count). The minimum atomic E-state index is -3.53. The second-order valence-corrected chi connectivity index (χ2v) is 8.80. The molecule has 0 aliphatic carbocycles. The van der Waals surface area contributed by atoms with Gasteiger partial charge in [0.05, 0.1) is 10.7 Å². The highest BCUT2D eigenvalue weighted by Crippen LogP contribution is 2.31. The first kappa shape index (κ1) is 18.5. The summed E-state index contributed by atoms with van der Waals surface area (Å²) in [6, 6.07) is 5.07. The summed E-state index contributed by atoms with van der Waals surface area (Å²) >= 11 is 12.0. The average molecular weight is 404 g/mol. The molecule has 2 heterocycles. The van der Waals surface area contributed by atoms with Crippen LogP contribution >= 0.6 is 23.2 Å². The lowest BCUT2D eigenvalue weighted by atomic mass is 10.1. The molecular formula is C16H19Cl2N3O3S. The van der Waals surface area contributed by atoms with Crippen molar-refractivity contribution >= 4 is 33.2 Å². The van der Waals surface area contributed by atoms with Gasteiger partial charge in [0, 0.05) is 31.4 Å². The summed E-state index contributed by atoms with van der Waals surface area (Å²) in [5.41, 5.74) is 0.508. The predicted octanol–water partition coefficient (Wildman–Crippen LogP) is 3.27. The Kier molecular flexibility index (Phi) is 5.29. The van der Waals surface area contributed by atoms with Crippen molar-refractivity contribution in [3.8, 4) is 5.75 Å². The molecule has 1 fully saturated rings. The monoisotopic (exact) mass is 403 g/mol. The van der Waals surface area contributed by atoms with Gasteiger partial charge in [0.25, 0.3) is 0 Å². The third-order valence-electron chi connectivity index (χ3n) is 4.17. The maximum atomic E-state index is 12.8. The summed E-state index contributed by atoms with van der Waals surface area (Å²) in [6.07, 6.45) is 2.65. The molecule has 6 nitrogen and oxygen atoms in total. The molecule has 25 heavy (non-hydrogen) atoms. The lowest BCUT2D eigenvalue weighted by Crippen LogP contribution is -2.41. The second-order valence-electron chi connectivity index (χ2n) is 6.05. The number of ether oxygens (including phenoxy) is 1. The van der Waals surface area contributed by atoms with Crippen LogP contribution < -0.4 is 4.74 Å². The Labute approximate surface area is 157 Å². The van der Waals surface area contributed by atoms with Gasteiger partial charge in [0.1, 0.15) is 16.7 Å². The number of hydrogen-bond donors (Lipinski definition) is 0. The van der Waals surface area contributed by atoms with Crippen LogP contribution in [0.4, 0.5) is 0 Å². The summed E-state index contributed by atoms with van der Waals surface area (Å²) in [4.78, 5) is 0.259. The Morgan fingerprint density at radius 1 is 1.24 bits per heavy atom. The Bertz CT molecular complexity index is 875. The molecule has 0 N–H and O–H groups in total. The van der Waals surface area contributed by atoms with E-state index in [9.17, 15) is 8.42 Å². The van der Waals surface area contributed by atoms with Crippen molar-refractivity contribution in [2.75, 3.05) is 13.1 Å². The second kappa shape index (κ2) is 7.15. The Morgan fingerprint density at radius 2 is 1.92 bits per heavy atom. The van der Waals surface area contributed by atoms with Gasteiger partial charge in [-0.15, -0.1) is 0 Å². The molecule has 1 aliphatic heterocycles. The molecule has 9 heteroatoms. The van der Waals surface area contributed by atoms with Crippen molar-refractivity contribution in [3.63, 3.8) is 0 Å². The quantitative estimate of drug-likeness (QED) is 0.785. The zero-order valence-corrected chi connectivity index (χ0v) is 16.3. The molecule has 0 radical (unpaired) electrons. The molecular weight excluding hydrogens is 385 g/mol. The number of aryl methyl sites for hydroxylation is 2. The minimum absolute atomic E-state index is 0.0832. The lowest BCUT2D eigenvalue weighted by molar-refractivity contribution is 0.135. The summed E-state index contributed by atoms with van der Waals surface area (Å²) in [7, 11) is -1.82. The van der Waals surface area contributed by atoms with Crippen molar-refractivity contribution in [1.29, 1.82) is 0 Å². The third kappa shape index (κ3) is 3.95. The van der Waals surface area contributed by atoms with Crippen LogP contribution in [-0.2, 0) is 17.1 Å². The van der Waals surface area contributed by atoms with E-state index < -0.39 is 10.0 Å². The van der Waals surface area contributed by atoms with Crippen molar-refractivity contribution in [2.24, 2.45) is 7.05 Å². The van der Waals surface area contributed by atoms with E-state index in [1.54, 1.807) is 38.4 Å². The molecule has 0 bridgehead atoms. The fourth-order valence-corrected chi connectivity index (χ4v) is 5.03. The number of benzene rings is 1. The first-order valence-corrected chi connectivity index (χ1v) is 10.1. The molecule has 1 aromatic heterocycles. The van der Waals surface area contributed by atoms with Crippen LogP contribution in [0.1, 0.15) is 18.5 Å². The van der Waals surface area contributed by atoms with Gasteiger partial charge in [-0.2, -0.15) is 9.40 Å². The lowest BCUT2D eigenvalue weighted by Gasteiger charge is -2.31. The zero-order valence-electron chi connectivity index (χ0n) is 13.9. The number of halogens is 2. The largest absolute Gasteiger partial charge is 0.489 e. The number of aromatic nitrogens is 2. The Hall–Kier alpha value is -1.28. The number of rotatable bonds is 4. The molecule has 0 saturated carbocycles. The molecule has 1 aromatic carbocycles. The van der Waals surface area contributed by atoms with E-state index in [1.165, 1.54) is 8.99 Å². The van der Waals surface area contributed by atoms with Crippen LogP contribution in [0.3, 0.4) is 0 Å². The number of hydrogen-bond acceptors (Lipinski definition) is 4. The average Bonchev–Trinajstić information content (AvgIpc) is 2.90. The van der Waals surface area contributed by atoms with E-state index in [0.717, 1.165) is 0 Å². The van der Waals surface area contributed by atoms with E-state index in [1.807, 2.05) is 0 Å². The number of sulfonamides is 1. The molecule has 136 valence electrons. The van der Waals surface area contributed by atoms with Crippen LogP contribution in [0, 0.1) is 6.92 Å². The van der Waals surface area contributed by atoms with Gasteiger partial charge < -0.3 is 4.74 Å². The SMILES string of the molecule is Cc1nn(C)cc1S(=O)(=O)N1CCC(Oc2ccc(Cl)cc2Cl)CC1. The van der Waals surface area contributed by atoms with E-state index in [0.29, 0.717) is 47.4 Å². The fourth-order valence-electron chi connectivity index (χ4n) is 2.91. The van der Waals surface area contributed by atoms with Crippen LogP contribution in [0.15, 0.2) is 29.3 Å². The third-order valence-corrected chi connectivity index (χ3v) is 6.71. The fraction of sp³-hybridized carbons (Fsp3) is 0.438. The molecule has 1 saturated heterocycles. The van der Waals surface area contributed by atoms with Crippen LogP contribution in [0.25, 0.3) is 0 Å². The molecule has 0 amide bonds. The molecule has 0 spiro atoms. The maximum Gasteiger partial charge on any atom is 0.246 e. The summed E-state index contributed by atoms with van der Waals surface area (Å²) in [5, 5.41) is 5.12. The highest BCUT2D eigenvalue weighted by Gasteiger charge is 2.32. The van der Waals surface area contributed by atoms with Crippen molar-refractivity contribution in [1.82, 2.24) is 14.1 Å². The first-order chi connectivity index (χ1) is 11.8. The van der Waals surface area contributed by atoms with Crippen LogP contribution in [0.5, 0.6) is 5.75 Å². The standard InChI is InChI=1S/C16H19Cl2N3O3S/c1-11-16(10-20(2)19-11)25(22,23)21-7-5-13(6-8-21)24-15-4-3-12(17)9-14(15)18/h3-4,9-10,13H,5-8H2,1-2H3. The molecule has 2 aromatic rings. The highest BCUT2D eigenvalue weighted by atomic mass is 35.5. The number of nitrogens with zero attached hydrogens (tertiary/aromatic N) is 3. The summed E-state index contributed by atoms with van der Waals surface area (Å²) in [5.74, 6) is 0.565. The van der Waals surface area contributed by atoms with Gasteiger partial charge in [-0.25, -0.2) is 8.42 Å². The van der Waals surface area contributed by atoms with Gasteiger partial charge in [-0.3, -0.25) is 4.68 Å². The number of piperidine rings is 1. The van der Waals surface area contributed by atoms with Gasteiger partial charge in [-0.1, -0.05) is 23.2 Å². The van der Waals surface area contributed by atoms with Crippen molar-refractivity contribution in [2.45, 2.75) is 30.8 Å². The highest BCUT2D eigenvalue weighted by molar-refractivity contribution is 7.89. The van der Waals surface area contributed by atoms with Gasteiger partial charge in [-0.05, 0) is 38.0 Å².